The van der Waals surface area contributed by atoms with E-state index in [1.165, 1.54) is 11.8 Å². The molecule has 2 bridgehead atoms. The topological polar surface area (TPSA) is 178 Å². The van der Waals surface area contributed by atoms with Crippen molar-refractivity contribution in [2.75, 3.05) is 25.5 Å². The molecule has 4 aliphatic rings. The third kappa shape index (κ3) is 7.91. The van der Waals surface area contributed by atoms with Gasteiger partial charge in [-0.3, -0.25) is 9.59 Å². The zero-order valence-corrected chi connectivity index (χ0v) is 22.9. The molecule has 0 aliphatic carbocycles. The van der Waals surface area contributed by atoms with Gasteiger partial charge in [0.2, 0.25) is 5.91 Å². The smallest absolute Gasteiger partial charge is 0.290 e. The van der Waals surface area contributed by atoms with Gasteiger partial charge in [0.25, 0.3) is 6.47 Å². The van der Waals surface area contributed by atoms with Crippen molar-refractivity contribution in [2.24, 2.45) is 23.7 Å². The van der Waals surface area contributed by atoms with Crippen LogP contribution in [0.4, 0.5) is 0 Å². The van der Waals surface area contributed by atoms with Crippen molar-refractivity contribution in [3.05, 3.63) is 12.2 Å². The minimum atomic E-state index is -1.39. The van der Waals surface area contributed by atoms with E-state index >= 15 is 0 Å². The Morgan fingerprint density at radius 3 is 2.63 bits per heavy atom. The van der Waals surface area contributed by atoms with Crippen molar-refractivity contribution < 1.29 is 44.6 Å². The van der Waals surface area contributed by atoms with Crippen LogP contribution < -0.4 is 10.6 Å². The fourth-order valence-corrected chi connectivity index (χ4v) is 7.19. The fourth-order valence-electron chi connectivity index (χ4n) is 5.97. The van der Waals surface area contributed by atoms with Crippen LogP contribution in [-0.2, 0) is 19.1 Å². The zero-order chi connectivity index (χ0) is 27.8. The molecule has 218 valence electrons. The standard InChI is InChI=1S/C25H42N2O7S.CH2O2/c1-13(2)8-14-6-7-33-22-16(9-14)10-26-18(22)24(32)27-17-5-3-4-15(11-28)12-35-25-21(31)19(29)20(30)23(17)34-25;2-1-3/h3-4,13-23,25-26,28-31H,5-12H2,1-2H3,(H,27,32);1H,(H,2,3)/b4-3-;/t14-,15-,16-,17+,18-,19-,20+,21+,22+,23+,25+;/m0./s1. The Hall–Kier alpha value is -1.25. The molecule has 0 aromatic rings. The number of nitrogens with one attached hydrogen (secondary N) is 2. The SMILES string of the molecule is CC(C)C[C@@H]1CCO[C@@H]2[C@H](CN[C@@H]2C(=O)N[C@@H]2C/C=C\[C@@H](CO)CS[C@H]3O[C@H]2[C@H](O)[C@H](O)[C@H]3O)C1.O=CO. The molecule has 0 spiro atoms. The summed E-state index contributed by atoms with van der Waals surface area (Å²) in [6.45, 7) is 5.55. The second-order valence-corrected chi connectivity index (χ2v) is 12.2. The molecule has 7 N–H and O–H groups in total. The number of carbonyl (C=O) groups excluding carboxylic acids is 1. The van der Waals surface area contributed by atoms with Crippen LogP contribution in [-0.4, -0.2) is 111 Å². The molecule has 0 aromatic heterocycles. The zero-order valence-electron chi connectivity index (χ0n) is 22.1. The molecule has 1 amide bonds. The summed E-state index contributed by atoms with van der Waals surface area (Å²) in [7, 11) is 0. The van der Waals surface area contributed by atoms with Gasteiger partial charge in [-0.05, 0) is 43.4 Å². The molecule has 11 nitrogen and oxygen atoms in total. The van der Waals surface area contributed by atoms with E-state index in [0.29, 0.717) is 30.6 Å². The molecule has 11 atom stereocenters. The average molecular weight is 561 g/mol. The molecule has 0 radical (unpaired) electrons. The molecule has 0 aromatic carbocycles. The average Bonchev–Trinajstić information content (AvgIpc) is 3.17. The monoisotopic (exact) mass is 560 g/mol. The van der Waals surface area contributed by atoms with Crippen LogP contribution >= 0.6 is 11.8 Å². The highest BCUT2D eigenvalue weighted by atomic mass is 32.2. The Bertz CT molecular complexity index is 788. The van der Waals surface area contributed by atoms with Crippen molar-refractivity contribution in [1.82, 2.24) is 10.6 Å². The summed E-state index contributed by atoms with van der Waals surface area (Å²) in [5.74, 6) is 1.67. The van der Waals surface area contributed by atoms with Crippen LogP contribution in [0.3, 0.4) is 0 Å². The third-order valence-corrected chi connectivity index (χ3v) is 9.13. The van der Waals surface area contributed by atoms with Crippen molar-refractivity contribution in [2.45, 2.75) is 87.6 Å². The Morgan fingerprint density at radius 2 is 1.95 bits per heavy atom. The first kappa shape index (κ1) is 31.3. The van der Waals surface area contributed by atoms with E-state index in [1.54, 1.807) is 0 Å². The first-order valence-corrected chi connectivity index (χ1v) is 14.6. The molecule has 12 heteroatoms. The summed E-state index contributed by atoms with van der Waals surface area (Å²) in [4.78, 5) is 21.8. The summed E-state index contributed by atoms with van der Waals surface area (Å²) < 4.78 is 12.2. The van der Waals surface area contributed by atoms with Crippen LogP contribution in [0.25, 0.3) is 0 Å². The molecule has 0 saturated carbocycles. The summed E-state index contributed by atoms with van der Waals surface area (Å²) in [5, 5.41) is 54.6. The van der Waals surface area contributed by atoms with Crippen LogP contribution in [0.5, 0.6) is 0 Å². The number of aliphatic hydroxyl groups excluding tert-OH is 4. The molecular weight excluding hydrogens is 516 g/mol. The van der Waals surface area contributed by atoms with Crippen molar-refractivity contribution >= 4 is 24.1 Å². The van der Waals surface area contributed by atoms with Gasteiger partial charge in [-0.15, -0.1) is 11.8 Å². The first-order chi connectivity index (χ1) is 18.2. The van der Waals surface area contributed by atoms with Gasteiger partial charge in [0.05, 0.1) is 18.8 Å². The largest absolute Gasteiger partial charge is 0.483 e. The van der Waals surface area contributed by atoms with E-state index in [9.17, 15) is 25.2 Å². The number of hydrogen-bond acceptors (Lipinski definition) is 10. The minimum Gasteiger partial charge on any atom is -0.483 e. The Kier molecular flexibility index (Phi) is 12.3. The van der Waals surface area contributed by atoms with Gasteiger partial charge in [-0.2, -0.15) is 0 Å². The van der Waals surface area contributed by atoms with E-state index in [4.69, 9.17) is 19.4 Å². The van der Waals surface area contributed by atoms with E-state index < -0.39 is 41.9 Å². The molecule has 4 rings (SSSR count). The second-order valence-electron chi connectivity index (χ2n) is 11.1. The third-order valence-electron chi connectivity index (χ3n) is 7.79. The highest BCUT2D eigenvalue weighted by Gasteiger charge is 2.49. The number of carbonyl (C=O) groups is 2. The maximum absolute atomic E-state index is 13.5. The second kappa shape index (κ2) is 14.9. The summed E-state index contributed by atoms with van der Waals surface area (Å²) in [6.07, 6.45) is 2.28. The van der Waals surface area contributed by atoms with Gasteiger partial charge in [-0.25, -0.2) is 0 Å². The molecule has 3 fully saturated rings. The van der Waals surface area contributed by atoms with E-state index in [-0.39, 0.29) is 36.9 Å². The van der Waals surface area contributed by atoms with E-state index in [0.717, 1.165) is 25.8 Å². The lowest BCUT2D eigenvalue weighted by Gasteiger charge is -2.44. The molecule has 3 saturated heterocycles. The summed E-state index contributed by atoms with van der Waals surface area (Å²) in [6, 6.07) is -1.11. The molecular formula is C26H44N2O9S. The summed E-state index contributed by atoms with van der Waals surface area (Å²) in [5.41, 5.74) is -0.768. The molecule has 4 aliphatic heterocycles. The van der Waals surface area contributed by atoms with Crippen molar-refractivity contribution in [3.63, 3.8) is 0 Å². The van der Waals surface area contributed by atoms with Crippen LogP contribution in [0.2, 0.25) is 0 Å². The summed E-state index contributed by atoms with van der Waals surface area (Å²) >= 11 is 1.29. The predicted molar refractivity (Wildman–Crippen MR) is 141 cm³/mol. The van der Waals surface area contributed by atoms with Gasteiger partial charge < -0.3 is 45.6 Å². The quantitative estimate of drug-likeness (QED) is 0.174. The predicted octanol–water partition coefficient (Wildman–Crippen LogP) is -0.289. The number of fused-ring (bicyclic) bond motifs is 3. The number of thioether (sulfide) groups is 1. The Morgan fingerprint density at radius 1 is 1.21 bits per heavy atom. The Labute approximate surface area is 228 Å². The van der Waals surface area contributed by atoms with Gasteiger partial charge in [0.15, 0.2) is 0 Å². The van der Waals surface area contributed by atoms with Crippen LogP contribution in [0.15, 0.2) is 12.2 Å². The number of amides is 1. The lowest BCUT2D eigenvalue weighted by atomic mass is 9.85. The van der Waals surface area contributed by atoms with E-state index in [1.807, 2.05) is 12.2 Å². The van der Waals surface area contributed by atoms with Crippen LogP contribution in [0, 0.1) is 23.7 Å². The normalized spacial score (nSPS) is 42.1. The molecule has 0 unspecified atom stereocenters. The minimum absolute atomic E-state index is 0.0534. The van der Waals surface area contributed by atoms with Gasteiger partial charge >= 0.3 is 0 Å². The van der Waals surface area contributed by atoms with Gasteiger partial charge in [0, 0.05) is 24.8 Å². The maximum Gasteiger partial charge on any atom is 0.290 e. The highest BCUT2D eigenvalue weighted by molar-refractivity contribution is 7.99. The molecule has 38 heavy (non-hydrogen) atoms. The van der Waals surface area contributed by atoms with Crippen molar-refractivity contribution in [3.8, 4) is 0 Å². The lowest BCUT2D eigenvalue weighted by Crippen LogP contribution is -2.64. The van der Waals surface area contributed by atoms with Gasteiger partial charge in [-0.1, -0.05) is 26.0 Å². The number of aliphatic hydroxyl groups is 4. The van der Waals surface area contributed by atoms with E-state index in [2.05, 4.69) is 24.5 Å². The number of hydrogen-bond donors (Lipinski definition) is 7. The number of ether oxygens (including phenoxy) is 2. The first-order valence-electron chi connectivity index (χ1n) is 13.5. The lowest BCUT2D eigenvalue weighted by molar-refractivity contribution is -0.205. The van der Waals surface area contributed by atoms with Crippen molar-refractivity contribution in [1.29, 1.82) is 0 Å². The Balaban J connectivity index is 0.00000127. The van der Waals surface area contributed by atoms with Gasteiger partial charge in [0.1, 0.15) is 35.9 Å². The maximum atomic E-state index is 13.5. The fraction of sp³-hybridized carbons (Fsp3) is 0.846. The van der Waals surface area contributed by atoms with Crippen LogP contribution in [0.1, 0.15) is 39.5 Å². The molecule has 4 heterocycles. The number of rotatable bonds is 5. The highest BCUT2D eigenvalue weighted by Crippen LogP contribution is 2.35. The number of carboxylic acid groups (broad SMARTS) is 1.